The van der Waals surface area contributed by atoms with Crippen LogP contribution in [0.5, 0.6) is 0 Å². The van der Waals surface area contributed by atoms with Gasteiger partial charge in [-0.25, -0.2) is 0 Å². The molecule has 8 heteroatoms. The van der Waals surface area contributed by atoms with Gasteiger partial charge in [-0.05, 0) is 51.6 Å². The van der Waals surface area contributed by atoms with Crippen LogP contribution in [0.2, 0.25) is 5.02 Å². The number of rotatable bonds is 17. The number of ether oxygens (including phenoxy) is 5. The molecule has 6 aromatic carbocycles. The fourth-order valence-corrected chi connectivity index (χ4v) is 7.56. The van der Waals surface area contributed by atoms with Crippen LogP contribution in [-0.2, 0) is 56.5 Å². The van der Waals surface area contributed by atoms with Crippen LogP contribution in [0.25, 0.3) is 11.3 Å². The number of halogens is 1. The average molecular weight is 803 g/mol. The number of benzene rings is 6. The van der Waals surface area contributed by atoms with E-state index < -0.39 is 30.5 Å². The maximum Gasteiger partial charge on any atom is 0.117 e. The molecule has 1 aliphatic rings. The van der Waals surface area contributed by atoms with E-state index in [2.05, 4.69) is 64.8 Å². The van der Waals surface area contributed by atoms with E-state index in [0.29, 0.717) is 37.9 Å². The van der Waals surface area contributed by atoms with Gasteiger partial charge in [-0.15, -0.1) is 0 Å². The molecule has 1 aliphatic heterocycles. The number of nitrogens with zero attached hydrogens (tertiary/aromatic N) is 2. The Balaban J connectivity index is 1.14. The fraction of sp³-hybridized carbons (Fsp3) is 0.216. The predicted molar refractivity (Wildman–Crippen MR) is 230 cm³/mol. The molecule has 0 bridgehead atoms. The summed E-state index contributed by atoms with van der Waals surface area (Å²) in [7, 11) is 0. The summed E-state index contributed by atoms with van der Waals surface area (Å²) < 4.78 is 34.4. The first-order valence-electron chi connectivity index (χ1n) is 20.1. The first kappa shape index (κ1) is 40.3. The molecule has 0 radical (unpaired) electrons. The molecule has 1 saturated heterocycles. The van der Waals surface area contributed by atoms with Crippen molar-refractivity contribution in [2.45, 2.75) is 63.4 Å². The molecule has 8 rings (SSSR count). The van der Waals surface area contributed by atoms with E-state index in [1.54, 1.807) is 0 Å². The van der Waals surface area contributed by atoms with Crippen molar-refractivity contribution in [3.05, 3.63) is 226 Å². The number of hydrogen-bond donors (Lipinski definition) is 0. The average Bonchev–Trinajstić information content (AvgIpc) is 3.30. The molecule has 7 nitrogen and oxygen atoms in total. The van der Waals surface area contributed by atoms with Gasteiger partial charge in [0.25, 0.3) is 0 Å². The maximum atomic E-state index is 7.18. The van der Waals surface area contributed by atoms with Gasteiger partial charge in [-0.2, -0.15) is 10.2 Å². The van der Waals surface area contributed by atoms with E-state index >= 15 is 0 Å². The van der Waals surface area contributed by atoms with E-state index in [1.165, 1.54) is 0 Å². The summed E-state index contributed by atoms with van der Waals surface area (Å²) in [6, 6.07) is 60.7. The molecule has 0 spiro atoms. The van der Waals surface area contributed by atoms with Crippen molar-refractivity contribution in [2.75, 3.05) is 6.61 Å². The molecular formula is C51H47ClN2O5. The van der Waals surface area contributed by atoms with Crippen molar-refractivity contribution < 1.29 is 23.7 Å². The van der Waals surface area contributed by atoms with Gasteiger partial charge in [0.1, 0.15) is 30.5 Å². The molecule has 5 unspecified atom stereocenters. The van der Waals surface area contributed by atoms with Gasteiger partial charge in [0.05, 0.1) is 44.4 Å². The zero-order chi connectivity index (χ0) is 40.1. The highest BCUT2D eigenvalue weighted by atomic mass is 35.5. The van der Waals surface area contributed by atoms with Crippen LogP contribution >= 0.6 is 11.6 Å². The van der Waals surface area contributed by atoms with E-state index in [1.807, 2.05) is 127 Å². The van der Waals surface area contributed by atoms with Crippen LogP contribution in [0.15, 0.2) is 182 Å². The zero-order valence-corrected chi connectivity index (χ0v) is 33.5. The van der Waals surface area contributed by atoms with E-state index in [9.17, 15) is 0 Å². The quantitative estimate of drug-likeness (QED) is 0.0908. The minimum atomic E-state index is -0.580. The molecule has 1 aromatic heterocycles. The van der Waals surface area contributed by atoms with Gasteiger partial charge in [0.15, 0.2) is 0 Å². The molecule has 0 aliphatic carbocycles. The third-order valence-corrected chi connectivity index (χ3v) is 10.8. The van der Waals surface area contributed by atoms with Crippen LogP contribution in [0.1, 0.15) is 45.2 Å². The van der Waals surface area contributed by atoms with Crippen molar-refractivity contribution in [2.24, 2.45) is 0 Å². The Kier molecular flexibility index (Phi) is 14.0. The zero-order valence-electron chi connectivity index (χ0n) is 32.8. The van der Waals surface area contributed by atoms with Crippen LogP contribution in [0.4, 0.5) is 0 Å². The van der Waals surface area contributed by atoms with Gasteiger partial charge in [0.2, 0.25) is 0 Å². The molecule has 5 atom stereocenters. The third-order valence-electron chi connectivity index (χ3n) is 10.4. The Morgan fingerprint density at radius 1 is 0.492 bits per heavy atom. The summed E-state index contributed by atoms with van der Waals surface area (Å²) in [5.41, 5.74) is 8.64. The highest BCUT2D eigenvalue weighted by molar-refractivity contribution is 6.31. The fourth-order valence-electron chi connectivity index (χ4n) is 7.38. The van der Waals surface area contributed by atoms with Crippen LogP contribution in [0, 0.1) is 0 Å². The Bertz CT molecular complexity index is 2300. The molecule has 1 fully saturated rings. The second-order valence-corrected chi connectivity index (χ2v) is 15.1. The second kappa shape index (κ2) is 20.5. The van der Waals surface area contributed by atoms with E-state index in [0.717, 1.165) is 50.3 Å². The molecule has 0 N–H and O–H groups in total. The highest BCUT2D eigenvalue weighted by Gasteiger charge is 2.49. The summed E-state index contributed by atoms with van der Waals surface area (Å²) in [5.74, 6) is 0. The summed E-state index contributed by atoms with van der Waals surface area (Å²) >= 11 is 6.93. The van der Waals surface area contributed by atoms with Gasteiger partial charge >= 0.3 is 0 Å². The van der Waals surface area contributed by atoms with Gasteiger partial charge in [-0.3, -0.25) is 0 Å². The summed E-state index contributed by atoms with van der Waals surface area (Å²) in [4.78, 5) is 0. The monoisotopic (exact) mass is 802 g/mol. The van der Waals surface area contributed by atoms with Crippen LogP contribution < -0.4 is 0 Å². The summed E-state index contributed by atoms with van der Waals surface area (Å²) in [6.45, 7) is 1.76. The SMILES string of the molecule is Clc1ccc(C2OC(COCc3ccccc3)C(OCc3ccccc3)C(OCc3ccccc3)C2OCc2ccccc2)cc1Cc1ccc(-c2ccccc2)nn1. The Hall–Kier alpha value is -5.51. The normalized spacial score (nSPS) is 19.0. The van der Waals surface area contributed by atoms with Gasteiger partial charge in [-0.1, -0.05) is 175 Å². The largest absolute Gasteiger partial charge is 0.374 e. The van der Waals surface area contributed by atoms with E-state index in [4.69, 9.17) is 35.3 Å². The minimum absolute atomic E-state index is 0.269. The third kappa shape index (κ3) is 11.0. The smallest absolute Gasteiger partial charge is 0.117 e. The second-order valence-electron chi connectivity index (χ2n) is 14.7. The van der Waals surface area contributed by atoms with Gasteiger partial charge in [0, 0.05) is 17.0 Å². The lowest BCUT2D eigenvalue weighted by molar-refractivity contribution is -0.275. The number of hydrogen-bond acceptors (Lipinski definition) is 7. The minimum Gasteiger partial charge on any atom is -0.374 e. The molecule has 0 saturated carbocycles. The maximum absolute atomic E-state index is 7.18. The lowest BCUT2D eigenvalue weighted by Crippen LogP contribution is -2.58. The highest BCUT2D eigenvalue weighted by Crippen LogP contribution is 2.40. The van der Waals surface area contributed by atoms with Crippen molar-refractivity contribution in [1.29, 1.82) is 0 Å². The Morgan fingerprint density at radius 3 is 1.54 bits per heavy atom. The molecular weight excluding hydrogens is 756 g/mol. The van der Waals surface area contributed by atoms with Crippen molar-refractivity contribution in [3.8, 4) is 11.3 Å². The molecule has 7 aromatic rings. The molecule has 2 heterocycles. The summed E-state index contributed by atoms with van der Waals surface area (Å²) in [5, 5.41) is 9.75. The molecule has 298 valence electrons. The van der Waals surface area contributed by atoms with E-state index in [-0.39, 0.29) is 6.61 Å². The van der Waals surface area contributed by atoms with Crippen molar-refractivity contribution in [1.82, 2.24) is 10.2 Å². The molecule has 59 heavy (non-hydrogen) atoms. The Labute approximate surface area is 351 Å². The lowest BCUT2D eigenvalue weighted by Gasteiger charge is -2.46. The summed E-state index contributed by atoms with van der Waals surface area (Å²) in [6.07, 6.45) is -2.27. The predicted octanol–water partition coefficient (Wildman–Crippen LogP) is 10.8. The van der Waals surface area contributed by atoms with Crippen molar-refractivity contribution >= 4 is 11.6 Å². The lowest BCUT2D eigenvalue weighted by atomic mass is 9.89. The first-order chi connectivity index (χ1) is 29.2. The molecule has 0 amide bonds. The topological polar surface area (TPSA) is 71.9 Å². The standard InChI is InChI=1S/C51H47ClN2O5/c52-45-28-26-42(30-43(45)31-44-27-29-46(54-53-44)41-24-14-5-15-25-41)48-50(57-34-39-20-10-3-11-21-39)51(58-35-40-22-12-4-13-23-40)49(56-33-38-18-8-2-9-19-38)47(59-48)36-55-32-37-16-6-1-7-17-37/h1-30,47-51H,31-36H2. The first-order valence-corrected chi connectivity index (χ1v) is 20.4. The van der Waals surface area contributed by atoms with Crippen LogP contribution in [0.3, 0.4) is 0 Å². The van der Waals surface area contributed by atoms with Crippen LogP contribution in [-0.4, -0.2) is 41.2 Å². The van der Waals surface area contributed by atoms with Gasteiger partial charge < -0.3 is 23.7 Å². The Morgan fingerprint density at radius 2 is 1.00 bits per heavy atom. The van der Waals surface area contributed by atoms with Crippen molar-refractivity contribution in [3.63, 3.8) is 0 Å². The number of aromatic nitrogens is 2.